The van der Waals surface area contributed by atoms with Crippen LogP contribution in [0.5, 0.6) is 5.75 Å². The largest absolute Gasteiger partial charge is 0.457 e. The molecule has 1 heterocycles. The maximum atomic E-state index is 13.4. The van der Waals surface area contributed by atoms with Crippen LogP contribution in [0.2, 0.25) is 0 Å². The first kappa shape index (κ1) is 25.6. The molecular formula is C34H37NO2S2. The number of hydrogen-bond acceptors (Lipinski definition) is 4. The van der Waals surface area contributed by atoms with Crippen LogP contribution in [-0.4, -0.2) is 21.2 Å². The second kappa shape index (κ2) is 9.62. The third-order valence-electron chi connectivity index (χ3n) is 10.6. The number of nitrogens with zero attached hydrogens (tertiary/aromatic N) is 1. The molecular weight excluding hydrogens is 519 g/mol. The van der Waals surface area contributed by atoms with Gasteiger partial charge in [0.25, 0.3) is 5.91 Å². The van der Waals surface area contributed by atoms with Crippen molar-refractivity contribution in [2.45, 2.75) is 83.1 Å². The summed E-state index contributed by atoms with van der Waals surface area (Å²) in [6, 6.07) is 6.95. The second-order valence-electron chi connectivity index (χ2n) is 12.6. The maximum absolute atomic E-state index is 13.4. The van der Waals surface area contributed by atoms with E-state index in [2.05, 4.69) is 50.4 Å². The fourth-order valence-corrected chi connectivity index (χ4v) is 9.40. The van der Waals surface area contributed by atoms with Gasteiger partial charge in [-0.15, -0.1) is 0 Å². The molecule has 1 aromatic rings. The van der Waals surface area contributed by atoms with Crippen molar-refractivity contribution in [3.63, 3.8) is 0 Å². The topological polar surface area (TPSA) is 29.5 Å². The van der Waals surface area contributed by atoms with Crippen molar-refractivity contribution in [3.05, 3.63) is 88.1 Å². The molecule has 7 rings (SSSR count). The van der Waals surface area contributed by atoms with Crippen LogP contribution in [0.1, 0.15) is 81.3 Å². The lowest BCUT2D eigenvalue weighted by atomic mass is 9.71. The van der Waals surface area contributed by atoms with Gasteiger partial charge in [0.1, 0.15) is 15.8 Å². The molecule has 4 unspecified atom stereocenters. The lowest BCUT2D eigenvalue weighted by Crippen LogP contribution is -2.39. The number of rotatable bonds is 7. The summed E-state index contributed by atoms with van der Waals surface area (Å²) in [5.41, 5.74) is 6.05. The predicted molar refractivity (Wildman–Crippen MR) is 163 cm³/mol. The zero-order valence-electron chi connectivity index (χ0n) is 22.8. The molecule has 202 valence electrons. The number of hydrogen-bond donors (Lipinski definition) is 0. The van der Waals surface area contributed by atoms with Crippen LogP contribution in [0.4, 0.5) is 0 Å². The van der Waals surface area contributed by atoms with Crippen LogP contribution in [-0.2, 0) is 4.79 Å². The third-order valence-corrected chi connectivity index (χ3v) is 11.9. The highest BCUT2D eigenvalue weighted by atomic mass is 32.2. The van der Waals surface area contributed by atoms with Gasteiger partial charge in [0, 0.05) is 11.6 Å². The van der Waals surface area contributed by atoms with E-state index < -0.39 is 0 Å². The van der Waals surface area contributed by atoms with Crippen LogP contribution < -0.4 is 4.74 Å². The van der Waals surface area contributed by atoms with Crippen LogP contribution in [0.25, 0.3) is 0 Å². The van der Waals surface area contributed by atoms with Crippen molar-refractivity contribution >= 4 is 34.2 Å². The standard InChI is InChI=1S/C34H37NO2S2/c1-20-9-11-26(24-7-5-4-6-8-24)17-30(20)37-22(3)21(2)25-12-10-23(15-25)16-31-32(36)35(33(38)39-31)29-18-27-13-14-34(27)19-28(29)34/h9-12,16-17,24,27-29H,2-8,13-15,18-19H2,1H3/b31-16-. The number of ether oxygens (including phenoxy) is 1. The summed E-state index contributed by atoms with van der Waals surface area (Å²) in [5, 5.41) is 0. The smallest absolute Gasteiger partial charge is 0.266 e. The van der Waals surface area contributed by atoms with Crippen molar-refractivity contribution in [1.29, 1.82) is 0 Å². The Hall–Kier alpha value is -2.37. The molecule has 1 aliphatic heterocycles. The zero-order valence-corrected chi connectivity index (χ0v) is 24.5. The number of carbonyl (C=O) groups excluding carboxylic acids is 1. The highest BCUT2D eigenvalue weighted by molar-refractivity contribution is 8.26. The van der Waals surface area contributed by atoms with E-state index in [-0.39, 0.29) is 5.91 Å². The molecule has 3 nitrogen and oxygen atoms in total. The van der Waals surface area contributed by atoms with E-state index in [9.17, 15) is 4.79 Å². The zero-order chi connectivity index (χ0) is 26.9. The summed E-state index contributed by atoms with van der Waals surface area (Å²) in [7, 11) is 0. The van der Waals surface area contributed by atoms with Gasteiger partial charge in [0.15, 0.2) is 0 Å². The monoisotopic (exact) mass is 555 g/mol. The Morgan fingerprint density at radius 2 is 2.00 bits per heavy atom. The number of aryl methyl sites for hydroxylation is 1. The van der Waals surface area contributed by atoms with E-state index >= 15 is 0 Å². The number of allylic oxidation sites excluding steroid dienone is 5. The number of amides is 1. The van der Waals surface area contributed by atoms with Crippen LogP contribution in [0.3, 0.4) is 0 Å². The minimum Gasteiger partial charge on any atom is -0.457 e. The van der Waals surface area contributed by atoms with Crippen LogP contribution in [0, 0.1) is 24.2 Å². The van der Waals surface area contributed by atoms with E-state index in [1.54, 1.807) is 0 Å². The van der Waals surface area contributed by atoms with E-state index in [4.69, 9.17) is 17.0 Å². The summed E-state index contributed by atoms with van der Waals surface area (Å²) in [6.07, 6.45) is 18.5. The van der Waals surface area contributed by atoms with E-state index in [1.165, 1.54) is 68.7 Å². The highest BCUT2D eigenvalue weighted by Crippen LogP contribution is 2.77. The second-order valence-corrected chi connectivity index (χ2v) is 14.3. The molecule has 0 radical (unpaired) electrons. The number of carbonyl (C=O) groups is 1. The third kappa shape index (κ3) is 4.32. The van der Waals surface area contributed by atoms with Gasteiger partial charge in [-0.05, 0) is 109 Å². The van der Waals surface area contributed by atoms with E-state index in [0.29, 0.717) is 35.5 Å². The molecule has 1 aromatic carbocycles. The molecule has 4 atom stereocenters. The summed E-state index contributed by atoms with van der Waals surface area (Å²) in [5.74, 6) is 3.69. The van der Waals surface area contributed by atoms with Gasteiger partial charge < -0.3 is 4.74 Å². The summed E-state index contributed by atoms with van der Waals surface area (Å²) < 4.78 is 7.04. The van der Waals surface area contributed by atoms with Crippen molar-refractivity contribution in [2.75, 3.05) is 0 Å². The molecule has 5 aliphatic carbocycles. The Kier molecular flexibility index (Phi) is 6.31. The summed E-state index contributed by atoms with van der Waals surface area (Å²) in [4.78, 5) is 16.2. The van der Waals surface area contributed by atoms with Gasteiger partial charge >= 0.3 is 0 Å². The normalized spacial score (nSPS) is 32.5. The van der Waals surface area contributed by atoms with Crippen LogP contribution in [0.15, 0.2) is 77.0 Å². The van der Waals surface area contributed by atoms with Gasteiger partial charge in [0.05, 0.1) is 4.91 Å². The van der Waals surface area contributed by atoms with Gasteiger partial charge in [-0.25, -0.2) is 0 Å². The highest BCUT2D eigenvalue weighted by Gasteiger charge is 2.72. The molecule has 0 N–H and O–H groups in total. The van der Waals surface area contributed by atoms with Crippen LogP contribution >= 0.6 is 24.0 Å². The lowest BCUT2D eigenvalue weighted by Gasteiger charge is -2.34. The molecule has 1 saturated heterocycles. The summed E-state index contributed by atoms with van der Waals surface area (Å²) >= 11 is 7.18. The van der Waals surface area contributed by atoms with Gasteiger partial charge in [-0.3, -0.25) is 9.69 Å². The molecule has 1 spiro atoms. The van der Waals surface area contributed by atoms with Crippen molar-refractivity contribution < 1.29 is 9.53 Å². The van der Waals surface area contributed by atoms with Crippen molar-refractivity contribution in [2.24, 2.45) is 17.3 Å². The van der Waals surface area contributed by atoms with E-state index in [0.717, 1.165) is 49.6 Å². The molecule has 6 aliphatic rings. The molecule has 0 aromatic heterocycles. The molecule has 1 amide bonds. The first-order valence-corrected chi connectivity index (χ1v) is 15.9. The average Bonchev–Trinajstić information content (AvgIpc) is 3.36. The lowest BCUT2D eigenvalue weighted by molar-refractivity contribution is -0.123. The molecule has 4 saturated carbocycles. The fraction of sp³-hybridized carbons (Fsp3) is 0.471. The van der Waals surface area contributed by atoms with Crippen molar-refractivity contribution in [1.82, 2.24) is 4.90 Å². The number of benzene rings is 1. The van der Waals surface area contributed by atoms with E-state index in [1.807, 2.05) is 11.0 Å². The SMILES string of the molecule is C=C(Oc1cc(C2CCCCC2)ccc1C)C(=C)C1=CC=C(/C=C2\SC(=S)N(C3CC4CCC45CC35)C2=O)C1. The number of thiocarbonyl (C=S) groups is 1. The molecule has 39 heavy (non-hydrogen) atoms. The Labute approximate surface area is 242 Å². The maximum Gasteiger partial charge on any atom is 0.266 e. The van der Waals surface area contributed by atoms with Gasteiger partial charge in [-0.2, -0.15) is 0 Å². The van der Waals surface area contributed by atoms with Gasteiger partial charge in [-0.1, -0.05) is 80.7 Å². The Bertz CT molecular complexity index is 1390. The molecule has 5 heteroatoms. The summed E-state index contributed by atoms with van der Waals surface area (Å²) in [6.45, 7) is 10.6. The Morgan fingerprint density at radius 3 is 2.69 bits per heavy atom. The minimum atomic E-state index is 0.104. The minimum absolute atomic E-state index is 0.104. The quantitative estimate of drug-likeness (QED) is 0.146. The Morgan fingerprint density at radius 1 is 1.18 bits per heavy atom. The number of thioether (sulfide) groups is 1. The first-order chi connectivity index (χ1) is 18.8. The van der Waals surface area contributed by atoms with Crippen molar-refractivity contribution in [3.8, 4) is 5.75 Å². The fourth-order valence-electron chi connectivity index (χ4n) is 8.02. The first-order valence-electron chi connectivity index (χ1n) is 14.7. The molecule has 5 fully saturated rings. The van der Waals surface area contributed by atoms with Gasteiger partial charge in [0.2, 0.25) is 0 Å². The average molecular weight is 556 g/mol. The Balaban J connectivity index is 0.980. The predicted octanol–water partition coefficient (Wildman–Crippen LogP) is 8.68. The molecule has 0 bridgehead atoms.